The molecule has 10 heteroatoms. The lowest BCUT2D eigenvalue weighted by Crippen LogP contribution is -2.35. The number of carbonyl (C=O) groups excluding carboxylic acids is 2. The van der Waals surface area contributed by atoms with E-state index in [9.17, 15) is 22.8 Å². The smallest absolute Gasteiger partial charge is 0.276 e. The summed E-state index contributed by atoms with van der Waals surface area (Å²) in [6.07, 6.45) is 0.456. The van der Waals surface area contributed by atoms with Gasteiger partial charge in [-0.1, -0.05) is 24.3 Å². The summed E-state index contributed by atoms with van der Waals surface area (Å²) in [5.41, 5.74) is 1.39. The van der Waals surface area contributed by atoms with E-state index in [1.807, 2.05) is 6.92 Å². The van der Waals surface area contributed by atoms with Gasteiger partial charge in [0.05, 0.1) is 18.8 Å². The van der Waals surface area contributed by atoms with Gasteiger partial charge in [0.25, 0.3) is 5.91 Å². The number of nitrogens with one attached hydrogen (secondary N) is 1. The molecule has 1 aromatic heterocycles. The molecule has 0 aliphatic rings. The molecule has 3 rings (SSSR count). The monoisotopic (exact) mass is 431 g/mol. The fourth-order valence-corrected chi connectivity index (χ4v) is 3.03. The number of aromatic nitrogens is 3. The zero-order valence-corrected chi connectivity index (χ0v) is 16.9. The second kappa shape index (κ2) is 9.41. The molecule has 31 heavy (non-hydrogen) atoms. The molecule has 162 valence electrons. The molecule has 0 saturated carbocycles. The van der Waals surface area contributed by atoms with Gasteiger partial charge in [-0.25, -0.2) is 17.9 Å². The number of halogens is 3. The summed E-state index contributed by atoms with van der Waals surface area (Å²) < 4.78 is 41.2. The Morgan fingerprint density at radius 1 is 1.03 bits per heavy atom. The molecular formula is C21H20F3N5O2. The summed E-state index contributed by atoms with van der Waals surface area (Å²) in [6, 6.07) is 8.53. The number of benzene rings is 2. The van der Waals surface area contributed by atoms with Crippen LogP contribution in [0.25, 0.3) is 0 Å². The van der Waals surface area contributed by atoms with Crippen LogP contribution in [0.5, 0.6) is 0 Å². The topological polar surface area (TPSA) is 80.1 Å². The van der Waals surface area contributed by atoms with Crippen molar-refractivity contribution < 1.29 is 22.8 Å². The van der Waals surface area contributed by atoms with Gasteiger partial charge in [0.1, 0.15) is 17.5 Å². The van der Waals surface area contributed by atoms with Crippen molar-refractivity contribution >= 4 is 17.5 Å². The van der Waals surface area contributed by atoms with E-state index in [4.69, 9.17) is 0 Å². The van der Waals surface area contributed by atoms with E-state index >= 15 is 0 Å². The van der Waals surface area contributed by atoms with Crippen LogP contribution >= 0.6 is 0 Å². The standard InChI is InChI=1S/C21H20F3N5O2/c1-3-18-20(26-27-29(18)11-13-4-6-14(22)7-5-13)21(31)28(2)12-19(30)25-17-9-15(23)8-16(24)10-17/h4-10H,3,11-12H2,1-2H3,(H,25,30). The fraction of sp³-hybridized carbons (Fsp3) is 0.238. The second-order valence-electron chi connectivity index (χ2n) is 6.89. The Bertz CT molecular complexity index is 1080. The zero-order chi connectivity index (χ0) is 22.5. The molecule has 0 radical (unpaired) electrons. The van der Waals surface area contributed by atoms with Crippen molar-refractivity contribution in [2.75, 3.05) is 18.9 Å². The third-order valence-corrected chi connectivity index (χ3v) is 4.49. The van der Waals surface area contributed by atoms with Crippen LogP contribution in [0.4, 0.5) is 18.9 Å². The predicted molar refractivity (Wildman–Crippen MR) is 107 cm³/mol. The summed E-state index contributed by atoms with van der Waals surface area (Å²) in [7, 11) is 1.41. The maximum Gasteiger partial charge on any atom is 0.276 e. The minimum Gasteiger partial charge on any atom is -0.331 e. The van der Waals surface area contributed by atoms with Crippen LogP contribution in [0.1, 0.15) is 28.7 Å². The summed E-state index contributed by atoms with van der Waals surface area (Å²) in [5, 5.41) is 10.3. The molecule has 7 nitrogen and oxygen atoms in total. The van der Waals surface area contributed by atoms with Gasteiger partial charge in [0.15, 0.2) is 5.69 Å². The Labute approximate surface area is 176 Å². The van der Waals surface area contributed by atoms with Gasteiger partial charge < -0.3 is 10.2 Å². The molecular weight excluding hydrogens is 411 g/mol. The lowest BCUT2D eigenvalue weighted by molar-refractivity contribution is -0.116. The number of amides is 2. The summed E-state index contributed by atoms with van der Waals surface area (Å²) in [4.78, 5) is 26.1. The highest BCUT2D eigenvalue weighted by Crippen LogP contribution is 2.14. The van der Waals surface area contributed by atoms with Crippen LogP contribution in [0.3, 0.4) is 0 Å². The molecule has 1 N–H and O–H groups in total. The van der Waals surface area contributed by atoms with Gasteiger partial charge >= 0.3 is 0 Å². The summed E-state index contributed by atoms with van der Waals surface area (Å²) >= 11 is 0. The van der Waals surface area contributed by atoms with Crippen molar-refractivity contribution in [2.45, 2.75) is 19.9 Å². The van der Waals surface area contributed by atoms with Crippen LogP contribution in [-0.2, 0) is 17.8 Å². The number of rotatable bonds is 7. The molecule has 0 fully saturated rings. The number of hydrogen-bond acceptors (Lipinski definition) is 4. The summed E-state index contributed by atoms with van der Waals surface area (Å²) in [5.74, 6) is -3.16. The highest BCUT2D eigenvalue weighted by atomic mass is 19.1. The van der Waals surface area contributed by atoms with Crippen molar-refractivity contribution in [2.24, 2.45) is 0 Å². The third-order valence-electron chi connectivity index (χ3n) is 4.49. The van der Waals surface area contributed by atoms with Crippen LogP contribution in [0, 0.1) is 17.5 Å². The molecule has 3 aromatic rings. The predicted octanol–water partition coefficient (Wildman–Crippen LogP) is 3.02. The molecule has 0 spiro atoms. The number of nitrogens with zero attached hydrogens (tertiary/aromatic N) is 4. The quantitative estimate of drug-likeness (QED) is 0.624. The van der Waals surface area contributed by atoms with Crippen molar-refractivity contribution in [3.05, 3.63) is 76.9 Å². The largest absolute Gasteiger partial charge is 0.331 e. The average Bonchev–Trinajstić information content (AvgIpc) is 3.10. The second-order valence-corrected chi connectivity index (χ2v) is 6.89. The van der Waals surface area contributed by atoms with E-state index in [0.29, 0.717) is 24.7 Å². The van der Waals surface area contributed by atoms with Crippen LogP contribution < -0.4 is 5.32 Å². The normalized spacial score (nSPS) is 10.7. The minimum absolute atomic E-state index is 0.0529. The Hall–Kier alpha value is -3.69. The number of anilines is 1. The van der Waals surface area contributed by atoms with Crippen molar-refractivity contribution in [1.29, 1.82) is 0 Å². The molecule has 0 unspecified atom stereocenters. The highest BCUT2D eigenvalue weighted by Gasteiger charge is 2.23. The maximum absolute atomic E-state index is 13.3. The van der Waals surface area contributed by atoms with Crippen LogP contribution in [0.2, 0.25) is 0 Å². The van der Waals surface area contributed by atoms with E-state index in [1.165, 1.54) is 19.2 Å². The number of likely N-dealkylation sites (N-methyl/N-ethyl adjacent to an activating group) is 1. The number of carbonyl (C=O) groups is 2. The molecule has 0 bridgehead atoms. The molecule has 1 heterocycles. The Balaban J connectivity index is 1.69. The average molecular weight is 431 g/mol. The van der Waals surface area contributed by atoms with E-state index in [-0.39, 0.29) is 23.7 Å². The Morgan fingerprint density at radius 2 is 1.68 bits per heavy atom. The maximum atomic E-state index is 13.3. The first kappa shape index (κ1) is 22.0. The van der Waals surface area contributed by atoms with E-state index in [1.54, 1.807) is 16.8 Å². The van der Waals surface area contributed by atoms with Gasteiger partial charge in [0, 0.05) is 18.8 Å². The van der Waals surface area contributed by atoms with Gasteiger partial charge in [-0.2, -0.15) is 0 Å². The SMILES string of the molecule is CCc1c(C(=O)N(C)CC(=O)Nc2cc(F)cc(F)c2)nnn1Cc1ccc(F)cc1. The van der Waals surface area contributed by atoms with Crippen molar-refractivity contribution in [3.63, 3.8) is 0 Å². The zero-order valence-electron chi connectivity index (χ0n) is 16.9. The minimum atomic E-state index is -0.829. The molecule has 2 aromatic carbocycles. The molecule has 2 amide bonds. The van der Waals surface area contributed by atoms with Gasteiger partial charge in [-0.3, -0.25) is 9.59 Å². The Morgan fingerprint density at radius 3 is 2.29 bits per heavy atom. The van der Waals surface area contributed by atoms with E-state index in [2.05, 4.69) is 15.6 Å². The lowest BCUT2D eigenvalue weighted by atomic mass is 10.2. The van der Waals surface area contributed by atoms with E-state index < -0.39 is 23.4 Å². The molecule has 0 saturated heterocycles. The van der Waals surface area contributed by atoms with Crippen LogP contribution in [-0.4, -0.2) is 45.3 Å². The van der Waals surface area contributed by atoms with Gasteiger partial charge in [-0.15, -0.1) is 5.10 Å². The first-order valence-electron chi connectivity index (χ1n) is 9.45. The van der Waals surface area contributed by atoms with Gasteiger partial charge in [0.2, 0.25) is 5.91 Å². The molecule has 0 aliphatic heterocycles. The number of hydrogen-bond donors (Lipinski definition) is 1. The third kappa shape index (κ3) is 5.47. The molecule has 0 aliphatic carbocycles. The molecule has 0 atom stereocenters. The van der Waals surface area contributed by atoms with E-state index in [0.717, 1.165) is 22.6 Å². The van der Waals surface area contributed by atoms with Crippen LogP contribution in [0.15, 0.2) is 42.5 Å². The lowest BCUT2D eigenvalue weighted by Gasteiger charge is -2.16. The first-order valence-corrected chi connectivity index (χ1v) is 9.45. The van der Waals surface area contributed by atoms with Crippen molar-refractivity contribution in [3.8, 4) is 0 Å². The highest BCUT2D eigenvalue weighted by molar-refractivity contribution is 5.98. The van der Waals surface area contributed by atoms with Crippen molar-refractivity contribution in [1.82, 2.24) is 19.9 Å². The summed E-state index contributed by atoms with van der Waals surface area (Å²) in [6.45, 7) is 1.78. The Kier molecular flexibility index (Phi) is 6.68. The van der Waals surface area contributed by atoms with Gasteiger partial charge in [-0.05, 0) is 36.2 Å². The first-order chi connectivity index (χ1) is 14.8. The fourth-order valence-electron chi connectivity index (χ4n) is 3.03.